The number of sulfone groups is 1. The Morgan fingerprint density at radius 2 is 1.96 bits per heavy atom. The normalized spacial score (nSPS) is 11.8. The molecule has 0 atom stereocenters. The molecule has 0 saturated carbocycles. The summed E-state index contributed by atoms with van der Waals surface area (Å²) in [6.07, 6.45) is 2.05. The van der Waals surface area contributed by atoms with Gasteiger partial charge in [-0.2, -0.15) is 0 Å². The predicted octanol–water partition coefficient (Wildman–Crippen LogP) is 2.51. The summed E-state index contributed by atoms with van der Waals surface area (Å²) in [6, 6.07) is 6.61. The Labute approximate surface area is 145 Å². The summed E-state index contributed by atoms with van der Waals surface area (Å²) in [4.78, 5) is 17.6. The van der Waals surface area contributed by atoms with E-state index in [0.717, 1.165) is 22.7 Å². The minimum atomic E-state index is -3.21. The van der Waals surface area contributed by atoms with Gasteiger partial charge in [0.15, 0.2) is 9.84 Å². The van der Waals surface area contributed by atoms with E-state index < -0.39 is 15.8 Å². The molecule has 0 aliphatic rings. The van der Waals surface area contributed by atoms with E-state index in [4.69, 9.17) is 5.11 Å². The molecule has 130 valence electrons. The van der Waals surface area contributed by atoms with Gasteiger partial charge in [-0.25, -0.2) is 13.4 Å². The van der Waals surface area contributed by atoms with E-state index in [9.17, 15) is 13.2 Å². The molecule has 0 aliphatic carbocycles. The van der Waals surface area contributed by atoms with E-state index >= 15 is 0 Å². The first-order valence-electron chi connectivity index (χ1n) is 7.48. The zero-order valence-electron chi connectivity index (χ0n) is 13.6. The van der Waals surface area contributed by atoms with Crippen LogP contribution in [0.25, 0.3) is 10.6 Å². The van der Waals surface area contributed by atoms with Gasteiger partial charge in [-0.15, -0.1) is 11.3 Å². The minimum Gasteiger partial charge on any atom is -0.480 e. The Hall–Kier alpha value is -1.77. The van der Waals surface area contributed by atoms with Crippen LogP contribution in [0.1, 0.15) is 19.0 Å². The van der Waals surface area contributed by atoms with Gasteiger partial charge in [0.2, 0.25) is 0 Å². The number of rotatable bonds is 8. The second-order valence-electron chi connectivity index (χ2n) is 5.54. The van der Waals surface area contributed by atoms with Crippen LogP contribution in [0, 0.1) is 0 Å². The van der Waals surface area contributed by atoms with E-state index in [1.165, 1.54) is 17.6 Å². The van der Waals surface area contributed by atoms with Gasteiger partial charge in [0.05, 0.1) is 17.1 Å². The van der Waals surface area contributed by atoms with Gasteiger partial charge in [0.25, 0.3) is 0 Å². The third-order valence-electron chi connectivity index (χ3n) is 3.37. The number of carbonyl (C=O) groups is 1. The zero-order chi connectivity index (χ0) is 17.7. The summed E-state index contributed by atoms with van der Waals surface area (Å²) in [5, 5.41) is 11.7. The molecule has 1 heterocycles. The van der Waals surface area contributed by atoms with Crippen molar-refractivity contribution in [3.05, 3.63) is 35.3 Å². The maximum Gasteiger partial charge on any atom is 0.317 e. The van der Waals surface area contributed by atoms with Crippen LogP contribution in [0.3, 0.4) is 0 Å². The van der Waals surface area contributed by atoms with Crippen molar-refractivity contribution < 1.29 is 18.3 Å². The molecule has 0 fully saturated rings. The highest BCUT2D eigenvalue weighted by atomic mass is 32.2. The molecule has 1 aromatic heterocycles. The maximum atomic E-state index is 11.5. The van der Waals surface area contributed by atoms with Crippen molar-refractivity contribution in [3.63, 3.8) is 0 Å². The largest absolute Gasteiger partial charge is 0.480 e. The van der Waals surface area contributed by atoms with Gasteiger partial charge in [-0.1, -0.05) is 19.1 Å². The number of thiazole rings is 1. The summed E-state index contributed by atoms with van der Waals surface area (Å²) < 4.78 is 23.0. The lowest BCUT2D eigenvalue weighted by Gasteiger charge is -2.17. The van der Waals surface area contributed by atoms with E-state index in [0.29, 0.717) is 13.1 Å². The average Bonchev–Trinajstić information content (AvgIpc) is 2.94. The molecule has 0 unspecified atom stereocenters. The molecule has 24 heavy (non-hydrogen) atoms. The second-order valence-corrected chi connectivity index (χ2v) is 8.42. The summed E-state index contributed by atoms with van der Waals surface area (Å²) in [7, 11) is -3.21. The summed E-state index contributed by atoms with van der Waals surface area (Å²) >= 11 is 1.46. The van der Waals surface area contributed by atoms with Gasteiger partial charge in [0, 0.05) is 23.7 Å². The summed E-state index contributed by atoms with van der Waals surface area (Å²) in [6.45, 7) is 3.18. The molecule has 0 saturated heterocycles. The van der Waals surface area contributed by atoms with Crippen LogP contribution in [-0.2, 0) is 21.2 Å². The topological polar surface area (TPSA) is 87.6 Å². The number of carboxylic acid groups (broad SMARTS) is 1. The number of nitrogens with zero attached hydrogens (tertiary/aromatic N) is 2. The van der Waals surface area contributed by atoms with Crippen LogP contribution < -0.4 is 0 Å². The van der Waals surface area contributed by atoms with Crippen molar-refractivity contribution in [2.24, 2.45) is 0 Å². The van der Waals surface area contributed by atoms with Gasteiger partial charge in [-0.3, -0.25) is 9.69 Å². The number of carboxylic acids is 1. The van der Waals surface area contributed by atoms with Crippen LogP contribution >= 0.6 is 11.3 Å². The Morgan fingerprint density at radius 1 is 1.29 bits per heavy atom. The Kier molecular flexibility index (Phi) is 6.09. The predicted molar refractivity (Wildman–Crippen MR) is 93.9 cm³/mol. The van der Waals surface area contributed by atoms with Crippen LogP contribution in [0.2, 0.25) is 0 Å². The SMILES string of the molecule is CCCN(CC(=O)O)Cc1csc(-c2ccc(S(C)(=O)=O)cc2)n1. The first-order valence-corrected chi connectivity index (χ1v) is 10.3. The minimum absolute atomic E-state index is 0.0102. The third-order valence-corrected chi connectivity index (χ3v) is 5.43. The lowest BCUT2D eigenvalue weighted by atomic mass is 10.2. The third kappa shape index (κ3) is 5.12. The summed E-state index contributed by atoms with van der Waals surface area (Å²) in [5.41, 5.74) is 1.66. The van der Waals surface area contributed by atoms with Crippen molar-refractivity contribution in [2.45, 2.75) is 24.8 Å². The Morgan fingerprint density at radius 3 is 2.50 bits per heavy atom. The number of aromatic nitrogens is 1. The number of hydrogen-bond donors (Lipinski definition) is 1. The lowest BCUT2D eigenvalue weighted by Crippen LogP contribution is -2.30. The van der Waals surface area contributed by atoms with Crippen molar-refractivity contribution in [1.29, 1.82) is 0 Å². The highest BCUT2D eigenvalue weighted by Crippen LogP contribution is 2.25. The molecule has 0 aliphatic heterocycles. The number of hydrogen-bond acceptors (Lipinski definition) is 6. The Bertz CT molecular complexity index is 798. The first-order chi connectivity index (χ1) is 11.3. The molecule has 1 aromatic carbocycles. The van der Waals surface area contributed by atoms with Crippen LogP contribution in [0.5, 0.6) is 0 Å². The fraction of sp³-hybridized carbons (Fsp3) is 0.375. The molecule has 0 radical (unpaired) electrons. The van der Waals surface area contributed by atoms with Gasteiger partial charge >= 0.3 is 5.97 Å². The highest BCUT2D eigenvalue weighted by Gasteiger charge is 2.13. The zero-order valence-corrected chi connectivity index (χ0v) is 15.2. The fourth-order valence-electron chi connectivity index (χ4n) is 2.31. The number of benzene rings is 1. The fourth-order valence-corrected chi connectivity index (χ4v) is 3.76. The standard InChI is InChI=1S/C16H20N2O4S2/c1-3-8-18(10-15(19)20)9-13-11-23-16(17-13)12-4-6-14(7-5-12)24(2,21)22/h4-7,11H,3,8-10H2,1-2H3,(H,19,20). The monoisotopic (exact) mass is 368 g/mol. The van der Waals surface area contributed by atoms with Crippen molar-refractivity contribution in [1.82, 2.24) is 9.88 Å². The van der Waals surface area contributed by atoms with Crippen LogP contribution in [-0.4, -0.2) is 48.7 Å². The molecule has 1 N–H and O–H groups in total. The quantitative estimate of drug-likeness (QED) is 0.770. The molecule has 8 heteroatoms. The van der Waals surface area contributed by atoms with E-state index in [1.54, 1.807) is 24.3 Å². The van der Waals surface area contributed by atoms with Crippen LogP contribution in [0.15, 0.2) is 34.5 Å². The van der Waals surface area contributed by atoms with Crippen LogP contribution in [0.4, 0.5) is 0 Å². The molecule has 0 amide bonds. The molecule has 6 nitrogen and oxygen atoms in total. The van der Waals surface area contributed by atoms with Gasteiger partial charge < -0.3 is 5.11 Å². The molecule has 0 bridgehead atoms. The van der Waals surface area contributed by atoms with Gasteiger partial charge in [-0.05, 0) is 25.1 Å². The van der Waals surface area contributed by atoms with Crippen molar-refractivity contribution >= 4 is 27.1 Å². The maximum absolute atomic E-state index is 11.5. The molecule has 2 rings (SSSR count). The van der Waals surface area contributed by atoms with E-state index in [1.807, 2.05) is 17.2 Å². The van der Waals surface area contributed by atoms with Crippen molar-refractivity contribution in [2.75, 3.05) is 19.3 Å². The smallest absolute Gasteiger partial charge is 0.317 e. The molecular weight excluding hydrogens is 348 g/mol. The van der Waals surface area contributed by atoms with Crippen molar-refractivity contribution in [3.8, 4) is 10.6 Å². The average molecular weight is 368 g/mol. The first kappa shape index (κ1) is 18.6. The number of aliphatic carboxylic acids is 1. The molecular formula is C16H20N2O4S2. The van der Waals surface area contributed by atoms with E-state index in [2.05, 4.69) is 4.98 Å². The summed E-state index contributed by atoms with van der Waals surface area (Å²) in [5.74, 6) is -0.852. The second kappa shape index (κ2) is 7.87. The molecule has 2 aromatic rings. The Balaban J connectivity index is 2.13. The van der Waals surface area contributed by atoms with Gasteiger partial charge in [0.1, 0.15) is 5.01 Å². The highest BCUT2D eigenvalue weighted by molar-refractivity contribution is 7.90. The van der Waals surface area contributed by atoms with E-state index in [-0.39, 0.29) is 11.4 Å². The molecule has 0 spiro atoms. The lowest BCUT2D eigenvalue weighted by molar-refractivity contribution is -0.138.